The molecule has 1 amide bonds. The van der Waals surface area contributed by atoms with Crippen LogP contribution in [0.1, 0.15) is 59.1 Å². The monoisotopic (exact) mass is 577 g/mol. The zero-order valence-electron chi connectivity index (χ0n) is 23.6. The Morgan fingerprint density at radius 1 is 0.950 bits per heavy atom. The van der Waals surface area contributed by atoms with Crippen molar-refractivity contribution in [2.45, 2.75) is 70.2 Å². The third-order valence-corrected chi connectivity index (χ3v) is 8.68. The molecule has 1 unspecified atom stereocenters. The van der Waals surface area contributed by atoms with Crippen LogP contribution in [0.3, 0.4) is 0 Å². The summed E-state index contributed by atoms with van der Waals surface area (Å²) >= 11 is -0.0823. The average Bonchev–Trinajstić information content (AvgIpc) is 2.89. The van der Waals surface area contributed by atoms with E-state index < -0.39 is 5.51 Å². The van der Waals surface area contributed by atoms with Gasteiger partial charge in [0.15, 0.2) is 0 Å². The van der Waals surface area contributed by atoms with Gasteiger partial charge in [0.1, 0.15) is 0 Å². The summed E-state index contributed by atoms with van der Waals surface area (Å²) in [5.74, 6) is 0.501. The number of anilines is 1. The first-order valence-corrected chi connectivity index (χ1v) is 14.9. The lowest BCUT2D eigenvalue weighted by atomic mass is 9.87. The lowest BCUT2D eigenvalue weighted by molar-refractivity contribution is -0.137. The number of piperazine rings is 1. The van der Waals surface area contributed by atoms with Crippen molar-refractivity contribution in [1.29, 1.82) is 0 Å². The molecule has 0 aromatic heterocycles. The van der Waals surface area contributed by atoms with E-state index in [9.17, 15) is 18.0 Å². The molecule has 4 nitrogen and oxygen atoms in total. The Labute approximate surface area is 243 Å². The fourth-order valence-corrected chi connectivity index (χ4v) is 6.27. The molecular weight excluding hydrogens is 531 g/mol. The van der Waals surface area contributed by atoms with E-state index in [1.807, 2.05) is 11.8 Å². The van der Waals surface area contributed by atoms with Crippen LogP contribution in [-0.2, 0) is 16.6 Å². The van der Waals surface area contributed by atoms with Crippen LogP contribution in [0.15, 0.2) is 53.4 Å². The maximum Gasteiger partial charge on any atom is 0.446 e. The summed E-state index contributed by atoms with van der Waals surface area (Å²) in [4.78, 5) is 20.4. The minimum atomic E-state index is -4.27. The molecule has 40 heavy (non-hydrogen) atoms. The highest BCUT2D eigenvalue weighted by atomic mass is 32.2. The van der Waals surface area contributed by atoms with Crippen molar-refractivity contribution in [3.8, 4) is 0 Å². The minimum Gasteiger partial charge on any atom is -0.369 e. The quantitative estimate of drug-likeness (QED) is 0.319. The minimum absolute atomic E-state index is 0. The zero-order valence-corrected chi connectivity index (χ0v) is 24.5. The van der Waals surface area contributed by atoms with E-state index in [0.29, 0.717) is 5.92 Å². The van der Waals surface area contributed by atoms with Crippen LogP contribution in [0.25, 0.3) is 0 Å². The Kier molecular flexibility index (Phi) is 11.0. The second kappa shape index (κ2) is 13.6. The van der Waals surface area contributed by atoms with Crippen molar-refractivity contribution >= 4 is 23.4 Å². The van der Waals surface area contributed by atoms with Gasteiger partial charge in [0.25, 0.3) is 0 Å². The first kappa shape index (κ1) is 32.3. The zero-order chi connectivity index (χ0) is 28.2. The number of thioether (sulfide) groups is 1. The van der Waals surface area contributed by atoms with E-state index in [-0.39, 0.29) is 41.3 Å². The number of benzene rings is 2. The summed E-state index contributed by atoms with van der Waals surface area (Å²) in [6.07, 6.45) is 2.79. The molecule has 222 valence electrons. The standard InChI is InChI=1S/C31H42F3N3OS.CH4/c1-23(21-35-16-18-36(19-17-35)27-11-9-26(10-12-27)30(2,3)4)29(38)37-15-5-6-25(22-37)20-24-7-13-28(14-8-24)39-31(32,33)34;/h7-14,23,25H,5-6,15-22H2,1-4H3;1H4/t23?,25-;/m1./s1. The number of rotatable bonds is 7. The molecule has 2 heterocycles. The van der Waals surface area contributed by atoms with E-state index in [1.54, 1.807) is 24.3 Å². The van der Waals surface area contributed by atoms with Crippen LogP contribution in [0.5, 0.6) is 0 Å². The second-order valence-corrected chi connectivity index (χ2v) is 13.3. The summed E-state index contributed by atoms with van der Waals surface area (Å²) < 4.78 is 37.8. The first-order chi connectivity index (χ1) is 18.4. The topological polar surface area (TPSA) is 26.8 Å². The highest BCUT2D eigenvalue weighted by Crippen LogP contribution is 2.37. The molecule has 8 heteroatoms. The molecule has 2 saturated heterocycles. The normalized spacial score (nSPS) is 19.7. The molecular formula is C32H46F3N3OS. The maximum absolute atomic E-state index is 13.3. The van der Waals surface area contributed by atoms with Gasteiger partial charge in [-0.2, -0.15) is 13.2 Å². The Morgan fingerprint density at radius 2 is 1.57 bits per heavy atom. The van der Waals surface area contributed by atoms with Crippen LogP contribution < -0.4 is 4.90 Å². The summed E-state index contributed by atoms with van der Waals surface area (Å²) in [6.45, 7) is 14.8. The fraction of sp³-hybridized carbons (Fsp3) is 0.594. The van der Waals surface area contributed by atoms with E-state index >= 15 is 0 Å². The van der Waals surface area contributed by atoms with E-state index in [1.165, 1.54) is 11.3 Å². The molecule has 0 N–H and O–H groups in total. The van der Waals surface area contributed by atoms with Crippen molar-refractivity contribution in [2.24, 2.45) is 11.8 Å². The number of carbonyl (C=O) groups is 1. The largest absolute Gasteiger partial charge is 0.446 e. The number of piperidine rings is 1. The Hall–Kier alpha value is -2.19. The number of carbonyl (C=O) groups excluding carboxylic acids is 1. The maximum atomic E-state index is 13.3. The molecule has 0 spiro atoms. The van der Waals surface area contributed by atoms with Crippen LogP contribution in [0.2, 0.25) is 0 Å². The van der Waals surface area contributed by atoms with E-state index in [2.05, 4.69) is 54.8 Å². The number of hydrogen-bond donors (Lipinski definition) is 0. The summed E-state index contributed by atoms with van der Waals surface area (Å²) in [5.41, 5.74) is -0.484. The van der Waals surface area contributed by atoms with Gasteiger partial charge < -0.3 is 9.80 Å². The van der Waals surface area contributed by atoms with Crippen LogP contribution in [0.4, 0.5) is 18.9 Å². The van der Waals surface area contributed by atoms with E-state index in [4.69, 9.17) is 0 Å². The number of halogens is 3. The third-order valence-electron chi connectivity index (χ3n) is 7.94. The molecule has 0 radical (unpaired) electrons. The highest BCUT2D eigenvalue weighted by molar-refractivity contribution is 8.00. The smallest absolute Gasteiger partial charge is 0.369 e. The van der Waals surface area contributed by atoms with Crippen molar-refractivity contribution in [3.05, 3.63) is 59.7 Å². The van der Waals surface area contributed by atoms with Gasteiger partial charge >= 0.3 is 5.51 Å². The second-order valence-electron chi connectivity index (χ2n) is 12.2. The van der Waals surface area contributed by atoms with Crippen LogP contribution >= 0.6 is 11.8 Å². The number of likely N-dealkylation sites (tertiary alicyclic amines) is 1. The molecule has 2 aliphatic rings. The van der Waals surface area contributed by atoms with Gasteiger partial charge in [-0.25, -0.2) is 0 Å². The van der Waals surface area contributed by atoms with Crippen molar-refractivity contribution in [1.82, 2.24) is 9.80 Å². The molecule has 0 aliphatic carbocycles. The van der Waals surface area contributed by atoms with Gasteiger partial charge in [-0.3, -0.25) is 9.69 Å². The molecule has 2 aromatic carbocycles. The van der Waals surface area contributed by atoms with Gasteiger partial charge in [-0.1, -0.05) is 59.4 Å². The van der Waals surface area contributed by atoms with Crippen molar-refractivity contribution < 1.29 is 18.0 Å². The van der Waals surface area contributed by atoms with Gasteiger partial charge in [0, 0.05) is 62.3 Å². The number of nitrogens with zero attached hydrogens (tertiary/aromatic N) is 3. The molecule has 2 fully saturated rings. The van der Waals surface area contributed by atoms with Crippen molar-refractivity contribution in [2.75, 3.05) is 50.7 Å². The lowest BCUT2D eigenvalue weighted by Gasteiger charge is -2.39. The van der Waals surface area contributed by atoms with Gasteiger partial charge in [0.05, 0.1) is 0 Å². The predicted octanol–water partition coefficient (Wildman–Crippen LogP) is 7.47. The highest BCUT2D eigenvalue weighted by Gasteiger charge is 2.30. The lowest BCUT2D eigenvalue weighted by Crippen LogP contribution is -2.50. The summed E-state index contributed by atoms with van der Waals surface area (Å²) in [6, 6.07) is 15.6. The first-order valence-electron chi connectivity index (χ1n) is 14.1. The third kappa shape index (κ3) is 9.16. The molecule has 2 aromatic rings. The van der Waals surface area contributed by atoms with E-state index in [0.717, 1.165) is 70.6 Å². The average molecular weight is 578 g/mol. The predicted molar refractivity (Wildman–Crippen MR) is 161 cm³/mol. The SMILES string of the molecule is C.CC(CN1CCN(c2ccc(C(C)(C)C)cc2)CC1)C(=O)N1CCC[C@H](Cc2ccc(SC(F)(F)F)cc2)C1. The Bertz CT molecular complexity index is 1070. The van der Waals surface area contributed by atoms with Gasteiger partial charge in [-0.15, -0.1) is 0 Å². The summed E-state index contributed by atoms with van der Waals surface area (Å²) in [5, 5.41) is 0. The molecule has 2 aliphatic heterocycles. The van der Waals surface area contributed by atoms with Crippen LogP contribution in [-0.4, -0.2) is 67.0 Å². The molecule has 4 rings (SSSR count). The Balaban J connectivity index is 0.00000441. The van der Waals surface area contributed by atoms with Crippen molar-refractivity contribution in [3.63, 3.8) is 0 Å². The molecule has 2 atom stereocenters. The number of hydrogen-bond acceptors (Lipinski definition) is 4. The number of amides is 1. The van der Waals surface area contributed by atoms with Gasteiger partial charge in [0.2, 0.25) is 5.91 Å². The fourth-order valence-electron chi connectivity index (χ4n) is 5.73. The molecule has 0 bridgehead atoms. The van der Waals surface area contributed by atoms with Crippen LogP contribution in [0, 0.1) is 11.8 Å². The Morgan fingerprint density at radius 3 is 2.15 bits per heavy atom. The van der Waals surface area contributed by atoms with Gasteiger partial charge in [-0.05, 0) is 77.7 Å². The number of alkyl halides is 3. The molecule has 0 saturated carbocycles. The summed E-state index contributed by atoms with van der Waals surface area (Å²) in [7, 11) is 0.